The van der Waals surface area contributed by atoms with Crippen molar-refractivity contribution in [2.75, 3.05) is 18.9 Å². The van der Waals surface area contributed by atoms with Crippen LogP contribution in [0.5, 0.6) is 0 Å². The molecule has 1 aromatic heterocycles. The molecule has 1 heterocycles. The van der Waals surface area contributed by atoms with Crippen molar-refractivity contribution >= 4 is 32.0 Å². The first kappa shape index (κ1) is 16.8. The fourth-order valence-corrected chi connectivity index (χ4v) is 4.66. The molecule has 0 aromatic carbocycles. The summed E-state index contributed by atoms with van der Waals surface area (Å²) < 4.78 is 25.9. The van der Waals surface area contributed by atoms with E-state index in [0.29, 0.717) is 17.8 Å². The molecule has 114 valence electrons. The van der Waals surface area contributed by atoms with E-state index in [1.54, 1.807) is 13.8 Å². The Hall–Kier alpha value is -1.23. The molecule has 0 bridgehead atoms. The van der Waals surface area contributed by atoms with Crippen molar-refractivity contribution < 1.29 is 18.4 Å². The number of nitrogen functional groups attached to an aromatic ring is 1. The van der Waals surface area contributed by atoms with Gasteiger partial charge in [0.2, 0.25) is 0 Å². The number of sulfonamides is 1. The standard InChI is InChI=1S/C10H17N3O5S2/c1-7(2)12(4-3-5-14)20(17,18)9-6-8(13(15)16)10(11)19-9/h6-7,14H,3-5,11H2,1-2H3. The van der Waals surface area contributed by atoms with Crippen molar-refractivity contribution in [3.63, 3.8) is 0 Å². The Morgan fingerprint density at radius 1 is 1.55 bits per heavy atom. The van der Waals surface area contributed by atoms with E-state index in [1.165, 1.54) is 4.31 Å². The van der Waals surface area contributed by atoms with E-state index in [1.807, 2.05) is 0 Å². The molecular weight excluding hydrogens is 306 g/mol. The number of nitro groups is 1. The summed E-state index contributed by atoms with van der Waals surface area (Å²) in [5.74, 6) is 0. The Morgan fingerprint density at radius 2 is 2.15 bits per heavy atom. The van der Waals surface area contributed by atoms with E-state index in [0.717, 1.165) is 6.07 Å². The molecule has 0 unspecified atom stereocenters. The monoisotopic (exact) mass is 323 g/mol. The van der Waals surface area contributed by atoms with E-state index in [9.17, 15) is 18.5 Å². The number of aliphatic hydroxyl groups excluding tert-OH is 1. The van der Waals surface area contributed by atoms with Crippen molar-refractivity contribution in [1.29, 1.82) is 0 Å². The molecule has 0 amide bonds. The minimum absolute atomic E-state index is 0.133. The molecule has 0 aliphatic rings. The van der Waals surface area contributed by atoms with Crippen molar-refractivity contribution in [3.8, 4) is 0 Å². The lowest BCUT2D eigenvalue weighted by molar-refractivity contribution is -0.383. The first-order valence-electron chi connectivity index (χ1n) is 5.88. The van der Waals surface area contributed by atoms with Crippen LogP contribution < -0.4 is 5.73 Å². The molecule has 1 aromatic rings. The smallest absolute Gasteiger partial charge is 0.304 e. The van der Waals surface area contributed by atoms with Gasteiger partial charge in [-0.25, -0.2) is 8.42 Å². The van der Waals surface area contributed by atoms with Gasteiger partial charge in [0.25, 0.3) is 10.0 Å². The van der Waals surface area contributed by atoms with Gasteiger partial charge in [-0.05, 0) is 20.3 Å². The average Bonchev–Trinajstić information content (AvgIpc) is 2.72. The summed E-state index contributed by atoms with van der Waals surface area (Å²) in [6, 6.07) is 0.651. The lowest BCUT2D eigenvalue weighted by Crippen LogP contribution is -2.37. The molecular formula is C10H17N3O5S2. The largest absolute Gasteiger partial charge is 0.396 e. The van der Waals surface area contributed by atoms with Crippen LogP contribution in [0.2, 0.25) is 0 Å². The maximum absolute atomic E-state index is 12.4. The highest BCUT2D eigenvalue weighted by atomic mass is 32.2. The first-order valence-corrected chi connectivity index (χ1v) is 8.13. The minimum Gasteiger partial charge on any atom is -0.396 e. The molecule has 10 heteroatoms. The number of nitrogens with zero attached hydrogens (tertiary/aromatic N) is 2. The van der Waals surface area contributed by atoms with Gasteiger partial charge in [0.15, 0.2) is 5.00 Å². The van der Waals surface area contributed by atoms with Gasteiger partial charge in [0, 0.05) is 25.3 Å². The number of rotatable bonds is 7. The lowest BCUT2D eigenvalue weighted by Gasteiger charge is -2.24. The van der Waals surface area contributed by atoms with Crippen LogP contribution in [0.4, 0.5) is 10.7 Å². The van der Waals surface area contributed by atoms with E-state index in [4.69, 9.17) is 10.8 Å². The zero-order chi connectivity index (χ0) is 15.5. The second kappa shape index (κ2) is 6.48. The van der Waals surface area contributed by atoms with Gasteiger partial charge in [-0.3, -0.25) is 10.1 Å². The molecule has 1 rings (SSSR count). The molecule has 3 N–H and O–H groups in total. The molecule has 20 heavy (non-hydrogen) atoms. The average molecular weight is 323 g/mol. The number of anilines is 1. The van der Waals surface area contributed by atoms with Crippen LogP contribution in [0.1, 0.15) is 20.3 Å². The fraction of sp³-hybridized carbons (Fsp3) is 0.600. The number of thiophene rings is 1. The van der Waals surface area contributed by atoms with E-state index in [2.05, 4.69) is 0 Å². The zero-order valence-corrected chi connectivity index (χ0v) is 12.8. The topological polar surface area (TPSA) is 127 Å². The summed E-state index contributed by atoms with van der Waals surface area (Å²) in [6.45, 7) is 3.40. The van der Waals surface area contributed by atoms with Gasteiger partial charge in [0.1, 0.15) is 4.21 Å². The highest BCUT2D eigenvalue weighted by molar-refractivity contribution is 7.91. The van der Waals surface area contributed by atoms with E-state index >= 15 is 0 Å². The van der Waals surface area contributed by atoms with Gasteiger partial charge in [-0.1, -0.05) is 11.3 Å². The summed E-state index contributed by atoms with van der Waals surface area (Å²) in [6.07, 6.45) is 0.292. The summed E-state index contributed by atoms with van der Waals surface area (Å²) in [7, 11) is -3.85. The third-order valence-corrected chi connectivity index (χ3v) is 6.07. The zero-order valence-electron chi connectivity index (χ0n) is 11.1. The highest BCUT2D eigenvalue weighted by Crippen LogP contribution is 2.36. The number of hydrogen-bond acceptors (Lipinski definition) is 7. The third-order valence-electron chi connectivity index (χ3n) is 2.59. The van der Waals surface area contributed by atoms with Gasteiger partial charge in [-0.2, -0.15) is 4.31 Å². The van der Waals surface area contributed by atoms with E-state index in [-0.39, 0.29) is 28.4 Å². The Labute approximate surface area is 121 Å². The van der Waals surface area contributed by atoms with Crippen LogP contribution >= 0.6 is 11.3 Å². The van der Waals surface area contributed by atoms with Crippen molar-refractivity contribution in [2.24, 2.45) is 0 Å². The maximum Gasteiger partial charge on any atom is 0.304 e. The number of hydrogen-bond donors (Lipinski definition) is 2. The normalized spacial score (nSPS) is 12.2. The molecule has 0 saturated heterocycles. The molecule has 0 atom stereocenters. The van der Waals surface area contributed by atoms with Gasteiger partial charge < -0.3 is 10.8 Å². The summed E-state index contributed by atoms with van der Waals surface area (Å²) in [5, 5.41) is 19.4. The van der Waals surface area contributed by atoms with Gasteiger partial charge >= 0.3 is 5.69 Å². The summed E-state index contributed by atoms with van der Waals surface area (Å²) in [5.41, 5.74) is 5.07. The fourth-order valence-electron chi connectivity index (χ4n) is 1.64. The van der Waals surface area contributed by atoms with Crippen LogP contribution in [0.3, 0.4) is 0 Å². The predicted octanol–water partition coefficient (Wildman–Crippen LogP) is 1.02. The van der Waals surface area contributed by atoms with E-state index < -0.39 is 20.6 Å². The first-order chi connectivity index (χ1) is 9.21. The van der Waals surface area contributed by atoms with Crippen molar-refractivity contribution in [2.45, 2.75) is 30.5 Å². The highest BCUT2D eigenvalue weighted by Gasteiger charge is 2.31. The Morgan fingerprint density at radius 3 is 2.55 bits per heavy atom. The van der Waals surface area contributed by atoms with Crippen LogP contribution in [0, 0.1) is 10.1 Å². The lowest BCUT2D eigenvalue weighted by atomic mass is 10.3. The van der Waals surface area contributed by atoms with Gasteiger partial charge in [0.05, 0.1) is 4.92 Å². The second-order valence-electron chi connectivity index (χ2n) is 4.36. The Bertz CT molecular complexity index is 582. The third kappa shape index (κ3) is 3.45. The molecule has 0 aliphatic carbocycles. The van der Waals surface area contributed by atoms with Crippen LogP contribution in [-0.2, 0) is 10.0 Å². The molecule has 0 radical (unpaired) electrons. The minimum atomic E-state index is -3.85. The summed E-state index contributed by atoms with van der Waals surface area (Å²) >= 11 is 0.673. The maximum atomic E-state index is 12.4. The second-order valence-corrected chi connectivity index (χ2v) is 7.56. The summed E-state index contributed by atoms with van der Waals surface area (Å²) in [4.78, 5) is 10.0. The molecule has 0 fully saturated rings. The predicted molar refractivity (Wildman–Crippen MR) is 76.1 cm³/mol. The number of aliphatic hydroxyl groups is 1. The molecule has 8 nitrogen and oxygen atoms in total. The van der Waals surface area contributed by atoms with Crippen LogP contribution in [-0.4, -0.2) is 41.9 Å². The molecule has 0 spiro atoms. The molecule has 0 aliphatic heterocycles. The van der Waals surface area contributed by atoms with Crippen molar-refractivity contribution in [3.05, 3.63) is 16.2 Å². The SMILES string of the molecule is CC(C)N(CCCO)S(=O)(=O)c1cc([N+](=O)[O-])c(N)s1. The quantitative estimate of drug-likeness (QED) is 0.569. The number of nitrogens with two attached hydrogens (primary N) is 1. The molecule has 0 saturated carbocycles. The van der Waals surface area contributed by atoms with Crippen LogP contribution in [0.25, 0.3) is 0 Å². The Kier molecular flexibility index (Phi) is 5.45. The van der Waals surface area contributed by atoms with Crippen LogP contribution in [0.15, 0.2) is 10.3 Å². The van der Waals surface area contributed by atoms with Gasteiger partial charge in [-0.15, -0.1) is 0 Å². The van der Waals surface area contributed by atoms with Crippen molar-refractivity contribution in [1.82, 2.24) is 4.31 Å². The Balaban J connectivity index is 3.19.